The zero-order valence-electron chi connectivity index (χ0n) is 9.64. The molecule has 0 aliphatic carbocycles. The van der Waals surface area contributed by atoms with Crippen molar-refractivity contribution in [3.05, 3.63) is 24.5 Å². The summed E-state index contributed by atoms with van der Waals surface area (Å²) >= 11 is 0. The number of carbonyl (C=O) groups excluding carboxylic acids is 1. The van der Waals surface area contributed by atoms with Crippen molar-refractivity contribution in [2.45, 2.75) is 0 Å². The van der Waals surface area contributed by atoms with Gasteiger partial charge in [0.15, 0.2) is 0 Å². The van der Waals surface area contributed by atoms with Crippen molar-refractivity contribution in [2.24, 2.45) is 5.41 Å². The first kappa shape index (κ1) is 11.2. The van der Waals surface area contributed by atoms with Crippen LogP contribution in [0, 0.1) is 5.41 Å². The van der Waals surface area contributed by atoms with Crippen molar-refractivity contribution < 1.29 is 14.6 Å². The third-order valence-corrected chi connectivity index (χ3v) is 3.22. The van der Waals surface area contributed by atoms with E-state index in [1.807, 2.05) is 12.1 Å². The molecule has 2 heterocycles. The molecule has 18 heavy (non-hydrogen) atoms. The monoisotopic (exact) mass is 247 g/mol. The second-order valence-corrected chi connectivity index (χ2v) is 4.52. The summed E-state index contributed by atoms with van der Waals surface area (Å²) in [5, 5.41) is 12.1. The number of fused-ring (bicyclic) bond motifs is 1. The van der Waals surface area contributed by atoms with Gasteiger partial charge in [-0.3, -0.25) is 4.79 Å². The van der Waals surface area contributed by atoms with Gasteiger partial charge < -0.3 is 20.1 Å². The first-order valence-electron chi connectivity index (χ1n) is 5.67. The summed E-state index contributed by atoms with van der Waals surface area (Å²) in [4.78, 5) is 19.1. The molecule has 2 aromatic rings. The molecule has 0 spiro atoms. The van der Waals surface area contributed by atoms with Gasteiger partial charge in [-0.25, -0.2) is 4.98 Å². The van der Waals surface area contributed by atoms with E-state index in [0.29, 0.717) is 5.69 Å². The lowest BCUT2D eigenvalue weighted by Gasteiger charge is -2.37. The highest BCUT2D eigenvalue weighted by Gasteiger charge is 2.45. The Hall–Kier alpha value is -1.92. The van der Waals surface area contributed by atoms with Gasteiger partial charge >= 0.3 is 0 Å². The smallest absolute Gasteiger partial charge is 0.237 e. The quantitative estimate of drug-likeness (QED) is 0.737. The number of aliphatic hydroxyl groups excluding tert-OH is 1. The lowest BCUT2D eigenvalue weighted by atomic mass is 9.86. The molecule has 1 saturated heterocycles. The fourth-order valence-electron chi connectivity index (χ4n) is 1.92. The number of aliphatic hydroxyl groups is 1. The number of anilines is 1. The van der Waals surface area contributed by atoms with Crippen LogP contribution in [0.3, 0.4) is 0 Å². The molecule has 0 atom stereocenters. The van der Waals surface area contributed by atoms with Crippen molar-refractivity contribution in [1.29, 1.82) is 0 Å². The Morgan fingerprint density at radius 3 is 3.06 bits per heavy atom. The van der Waals surface area contributed by atoms with Gasteiger partial charge in [0.05, 0.1) is 37.2 Å². The van der Waals surface area contributed by atoms with Crippen LogP contribution >= 0.6 is 0 Å². The second-order valence-electron chi connectivity index (χ2n) is 4.52. The maximum absolute atomic E-state index is 12.0. The second kappa shape index (κ2) is 4.08. The minimum Gasteiger partial charge on any atom is -0.395 e. The predicted molar refractivity (Wildman–Crippen MR) is 65.1 cm³/mol. The highest BCUT2D eigenvalue weighted by atomic mass is 16.5. The lowest BCUT2D eigenvalue weighted by molar-refractivity contribution is -0.164. The summed E-state index contributed by atoms with van der Waals surface area (Å²) in [5.74, 6) is -0.213. The van der Waals surface area contributed by atoms with Crippen LogP contribution < -0.4 is 5.32 Å². The molecule has 6 heteroatoms. The van der Waals surface area contributed by atoms with Crippen molar-refractivity contribution in [2.75, 3.05) is 25.1 Å². The average Bonchev–Trinajstić information content (AvgIpc) is 2.75. The number of nitrogens with zero attached hydrogens (tertiary/aromatic N) is 1. The van der Waals surface area contributed by atoms with Crippen LogP contribution in [0.25, 0.3) is 11.0 Å². The zero-order valence-corrected chi connectivity index (χ0v) is 9.64. The number of imidazole rings is 1. The number of rotatable bonds is 3. The van der Waals surface area contributed by atoms with Gasteiger partial charge in [0, 0.05) is 5.69 Å². The van der Waals surface area contributed by atoms with Gasteiger partial charge in [-0.15, -0.1) is 0 Å². The fourth-order valence-corrected chi connectivity index (χ4v) is 1.92. The van der Waals surface area contributed by atoms with Crippen molar-refractivity contribution in [1.82, 2.24) is 9.97 Å². The van der Waals surface area contributed by atoms with Crippen LogP contribution in [0.1, 0.15) is 0 Å². The van der Waals surface area contributed by atoms with E-state index in [1.165, 1.54) is 0 Å². The van der Waals surface area contributed by atoms with E-state index in [9.17, 15) is 9.90 Å². The van der Waals surface area contributed by atoms with Gasteiger partial charge in [0.25, 0.3) is 0 Å². The van der Waals surface area contributed by atoms with Crippen LogP contribution in [-0.2, 0) is 9.53 Å². The predicted octanol–water partition coefficient (Wildman–Crippen LogP) is 0.510. The molecular formula is C12H13N3O3. The first-order valence-corrected chi connectivity index (χ1v) is 5.67. The zero-order chi connectivity index (χ0) is 12.6. The number of hydrogen-bond donors (Lipinski definition) is 3. The maximum atomic E-state index is 12.0. The maximum Gasteiger partial charge on any atom is 0.237 e. The number of amides is 1. The molecule has 3 rings (SSSR count). The van der Waals surface area contributed by atoms with E-state index in [1.54, 1.807) is 12.4 Å². The SMILES string of the molecule is O=C(Nc1ccc2nc[nH]c2c1)C1(CO)COC1. The molecule has 1 aliphatic rings. The number of hydrogen-bond acceptors (Lipinski definition) is 4. The highest BCUT2D eigenvalue weighted by Crippen LogP contribution is 2.28. The molecule has 0 radical (unpaired) electrons. The lowest BCUT2D eigenvalue weighted by Crippen LogP contribution is -2.54. The van der Waals surface area contributed by atoms with E-state index >= 15 is 0 Å². The van der Waals surface area contributed by atoms with E-state index < -0.39 is 5.41 Å². The molecule has 1 fully saturated rings. The molecule has 0 unspecified atom stereocenters. The number of H-pyrrole nitrogens is 1. The highest BCUT2D eigenvalue weighted by molar-refractivity contribution is 5.97. The summed E-state index contributed by atoms with van der Waals surface area (Å²) in [6.07, 6.45) is 1.60. The minimum atomic E-state index is -0.789. The van der Waals surface area contributed by atoms with Gasteiger partial charge in [-0.1, -0.05) is 0 Å². The van der Waals surface area contributed by atoms with Crippen LogP contribution in [0.5, 0.6) is 0 Å². The number of aromatic amines is 1. The van der Waals surface area contributed by atoms with Crippen molar-refractivity contribution in [3.63, 3.8) is 0 Å². The molecule has 0 bridgehead atoms. The van der Waals surface area contributed by atoms with Crippen LogP contribution in [-0.4, -0.2) is 40.8 Å². The molecule has 6 nitrogen and oxygen atoms in total. The molecular weight excluding hydrogens is 234 g/mol. The molecule has 94 valence electrons. The number of benzene rings is 1. The molecule has 3 N–H and O–H groups in total. The summed E-state index contributed by atoms with van der Waals surface area (Å²) in [7, 11) is 0. The van der Waals surface area contributed by atoms with Gasteiger partial charge in [-0.05, 0) is 18.2 Å². The Morgan fingerprint density at radius 1 is 1.56 bits per heavy atom. The number of carbonyl (C=O) groups is 1. The Balaban J connectivity index is 1.81. The topological polar surface area (TPSA) is 87.2 Å². The summed E-state index contributed by atoms with van der Waals surface area (Å²) < 4.78 is 5.01. The van der Waals surface area contributed by atoms with Crippen LogP contribution in [0.15, 0.2) is 24.5 Å². The molecule has 1 amide bonds. The largest absolute Gasteiger partial charge is 0.395 e. The Kier molecular flexibility index (Phi) is 2.53. The summed E-state index contributed by atoms with van der Waals surface area (Å²) in [5.41, 5.74) is 1.59. The van der Waals surface area contributed by atoms with E-state index in [4.69, 9.17) is 4.74 Å². The van der Waals surface area contributed by atoms with Gasteiger partial charge in [-0.2, -0.15) is 0 Å². The van der Waals surface area contributed by atoms with Crippen LogP contribution in [0.4, 0.5) is 5.69 Å². The van der Waals surface area contributed by atoms with Gasteiger partial charge in [0.2, 0.25) is 5.91 Å². The standard InChI is InChI=1S/C12H13N3O3/c16-4-12(5-18-6-12)11(17)15-8-1-2-9-10(3-8)14-7-13-9/h1-3,7,16H,4-6H2,(H,13,14)(H,15,17). The molecule has 1 aromatic carbocycles. The van der Waals surface area contributed by atoms with Crippen molar-refractivity contribution >= 4 is 22.6 Å². The number of aromatic nitrogens is 2. The van der Waals surface area contributed by atoms with E-state index in [-0.39, 0.29) is 25.7 Å². The molecule has 1 aliphatic heterocycles. The van der Waals surface area contributed by atoms with Gasteiger partial charge in [0.1, 0.15) is 5.41 Å². The minimum absolute atomic E-state index is 0.203. The number of nitrogens with one attached hydrogen (secondary N) is 2. The Morgan fingerprint density at radius 2 is 2.39 bits per heavy atom. The molecule has 1 aromatic heterocycles. The average molecular weight is 247 g/mol. The van der Waals surface area contributed by atoms with Crippen LogP contribution in [0.2, 0.25) is 0 Å². The van der Waals surface area contributed by atoms with E-state index in [0.717, 1.165) is 11.0 Å². The third kappa shape index (κ3) is 1.66. The Labute approximate surface area is 103 Å². The Bertz CT molecular complexity index is 584. The summed E-state index contributed by atoms with van der Waals surface area (Å²) in [6.45, 7) is 0.328. The summed E-state index contributed by atoms with van der Waals surface area (Å²) in [6, 6.07) is 5.42. The fraction of sp³-hybridized carbons (Fsp3) is 0.333. The first-order chi connectivity index (χ1) is 8.73. The third-order valence-electron chi connectivity index (χ3n) is 3.22. The normalized spacial score (nSPS) is 17.4. The van der Waals surface area contributed by atoms with Crippen molar-refractivity contribution in [3.8, 4) is 0 Å². The van der Waals surface area contributed by atoms with E-state index in [2.05, 4.69) is 15.3 Å². The molecule has 0 saturated carbocycles. The number of ether oxygens (including phenoxy) is 1.